The summed E-state index contributed by atoms with van der Waals surface area (Å²) in [5.74, 6) is 0.0903. The van der Waals surface area contributed by atoms with Gasteiger partial charge in [-0.3, -0.25) is 0 Å². The maximum absolute atomic E-state index is 12.2. The van der Waals surface area contributed by atoms with Gasteiger partial charge in [-0.15, -0.1) is 0 Å². The molecule has 0 aliphatic rings. The summed E-state index contributed by atoms with van der Waals surface area (Å²) in [4.78, 5) is 11.5. The number of rotatable bonds is 8. The summed E-state index contributed by atoms with van der Waals surface area (Å²) < 4.78 is 53.1. The molecule has 1 N–H and O–H groups in total. The first kappa shape index (κ1) is 19.6. The Kier molecular flexibility index (Phi) is 6.45. The molecule has 2 aromatic rings. The summed E-state index contributed by atoms with van der Waals surface area (Å²) in [6, 6.07) is 5.80. The van der Waals surface area contributed by atoms with Gasteiger partial charge in [-0.2, -0.15) is 18.3 Å². The highest BCUT2D eigenvalue weighted by Crippen LogP contribution is 2.22. The van der Waals surface area contributed by atoms with E-state index < -0.39 is 24.9 Å². The number of benzene rings is 1. The number of alkyl halides is 3. The highest BCUT2D eigenvalue weighted by atomic mass is 19.4. The van der Waals surface area contributed by atoms with Crippen LogP contribution in [0.2, 0.25) is 0 Å². The lowest BCUT2D eigenvalue weighted by atomic mass is 10.3. The Morgan fingerprint density at radius 1 is 1.23 bits per heavy atom. The van der Waals surface area contributed by atoms with Gasteiger partial charge in [0.15, 0.2) is 12.8 Å². The Balaban J connectivity index is 1.83. The van der Waals surface area contributed by atoms with Crippen LogP contribution in [0.4, 0.5) is 13.2 Å². The molecular formula is C16H17F3N2O5. The summed E-state index contributed by atoms with van der Waals surface area (Å²) in [5, 5.41) is 12.8. The van der Waals surface area contributed by atoms with Crippen LogP contribution in [-0.2, 0) is 11.5 Å². The topological polar surface area (TPSA) is 82.8 Å². The SMILES string of the molecule is CCOC(=O)c1cnn(COc2ccc(OCC(O)C(F)(F)F)cc2)c1. The summed E-state index contributed by atoms with van der Waals surface area (Å²) in [7, 11) is 0. The van der Waals surface area contributed by atoms with Gasteiger partial charge in [-0.05, 0) is 31.2 Å². The summed E-state index contributed by atoms with van der Waals surface area (Å²) in [6.07, 6.45) is -4.46. The molecule has 0 bridgehead atoms. The third-order valence-electron chi connectivity index (χ3n) is 3.12. The average Bonchev–Trinajstić information content (AvgIpc) is 3.07. The second-order valence-corrected chi connectivity index (χ2v) is 5.10. The zero-order chi connectivity index (χ0) is 19.2. The Morgan fingerprint density at radius 3 is 2.42 bits per heavy atom. The third-order valence-corrected chi connectivity index (χ3v) is 3.12. The van der Waals surface area contributed by atoms with Crippen LogP contribution in [0.3, 0.4) is 0 Å². The Hall–Kier alpha value is -2.75. The van der Waals surface area contributed by atoms with Crippen molar-refractivity contribution in [1.29, 1.82) is 0 Å². The molecule has 1 aromatic heterocycles. The van der Waals surface area contributed by atoms with Gasteiger partial charge < -0.3 is 19.3 Å². The molecule has 142 valence electrons. The number of halogens is 3. The van der Waals surface area contributed by atoms with Crippen LogP contribution >= 0.6 is 0 Å². The zero-order valence-electron chi connectivity index (χ0n) is 13.8. The van der Waals surface area contributed by atoms with E-state index in [1.165, 1.54) is 41.3 Å². The molecule has 0 spiro atoms. The van der Waals surface area contributed by atoms with Crippen molar-refractivity contribution < 1.29 is 37.3 Å². The van der Waals surface area contributed by atoms with Gasteiger partial charge in [0.25, 0.3) is 0 Å². The fourth-order valence-corrected chi connectivity index (χ4v) is 1.80. The van der Waals surface area contributed by atoms with E-state index in [1.807, 2.05) is 0 Å². The van der Waals surface area contributed by atoms with Crippen LogP contribution in [0.1, 0.15) is 17.3 Å². The summed E-state index contributed by atoms with van der Waals surface area (Å²) >= 11 is 0. The number of aromatic nitrogens is 2. The molecule has 1 heterocycles. The summed E-state index contributed by atoms with van der Waals surface area (Å²) in [6.45, 7) is 1.08. The van der Waals surface area contributed by atoms with Gasteiger partial charge in [0.1, 0.15) is 18.1 Å². The first-order chi connectivity index (χ1) is 12.3. The van der Waals surface area contributed by atoms with Crippen LogP contribution in [0.15, 0.2) is 36.7 Å². The number of aliphatic hydroxyl groups excluding tert-OH is 1. The van der Waals surface area contributed by atoms with E-state index in [9.17, 15) is 18.0 Å². The van der Waals surface area contributed by atoms with Crippen molar-refractivity contribution in [1.82, 2.24) is 9.78 Å². The second kappa shape index (κ2) is 8.56. The number of ether oxygens (including phenoxy) is 3. The fraction of sp³-hybridized carbons (Fsp3) is 0.375. The van der Waals surface area contributed by atoms with Crippen LogP contribution in [0.25, 0.3) is 0 Å². The van der Waals surface area contributed by atoms with Crippen molar-refractivity contribution in [3.8, 4) is 11.5 Å². The predicted octanol–water partition coefficient (Wildman–Crippen LogP) is 2.40. The highest BCUT2D eigenvalue weighted by molar-refractivity contribution is 5.88. The van der Waals surface area contributed by atoms with E-state index in [0.29, 0.717) is 11.3 Å². The number of carbonyl (C=O) groups excluding carboxylic acids is 1. The monoisotopic (exact) mass is 374 g/mol. The number of hydrogen-bond acceptors (Lipinski definition) is 6. The molecule has 7 nitrogen and oxygen atoms in total. The van der Waals surface area contributed by atoms with Gasteiger partial charge in [-0.25, -0.2) is 9.48 Å². The quantitative estimate of drug-likeness (QED) is 0.715. The number of aliphatic hydroxyl groups is 1. The average molecular weight is 374 g/mol. The molecular weight excluding hydrogens is 357 g/mol. The van der Waals surface area contributed by atoms with E-state index in [4.69, 9.17) is 19.3 Å². The van der Waals surface area contributed by atoms with Crippen molar-refractivity contribution in [2.24, 2.45) is 0 Å². The normalized spacial score (nSPS) is 12.5. The predicted molar refractivity (Wildman–Crippen MR) is 82.8 cm³/mol. The van der Waals surface area contributed by atoms with E-state index in [1.54, 1.807) is 6.92 Å². The largest absolute Gasteiger partial charge is 0.491 e. The fourth-order valence-electron chi connectivity index (χ4n) is 1.80. The highest BCUT2D eigenvalue weighted by Gasteiger charge is 2.38. The molecule has 0 saturated carbocycles. The lowest BCUT2D eigenvalue weighted by Gasteiger charge is -2.15. The first-order valence-corrected chi connectivity index (χ1v) is 7.59. The number of esters is 1. The third kappa shape index (κ3) is 5.66. The standard InChI is InChI=1S/C16H17F3N2O5/c1-2-24-15(23)11-7-20-21(8-11)10-26-13-5-3-12(4-6-13)25-9-14(22)16(17,18)19/h3-8,14,22H,2,9-10H2,1H3. The number of nitrogens with zero attached hydrogens (tertiary/aromatic N) is 2. The van der Waals surface area contributed by atoms with E-state index in [-0.39, 0.29) is 19.1 Å². The lowest BCUT2D eigenvalue weighted by molar-refractivity contribution is -0.210. The van der Waals surface area contributed by atoms with Crippen molar-refractivity contribution in [2.75, 3.05) is 13.2 Å². The molecule has 1 atom stereocenters. The molecule has 0 amide bonds. The van der Waals surface area contributed by atoms with Gasteiger partial charge in [0, 0.05) is 6.20 Å². The minimum Gasteiger partial charge on any atom is -0.491 e. The molecule has 2 rings (SSSR count). The minimum atomic E-state index is -4.73. The van der Waals surface area contributed by atoms with Crippen LogP contribution in [0.5, 0.6) is 11.5 Å². The Morgan fingerprint density at radius 2 is 1.85 bits per heavy atom. The minimum absolute atomic E-state index is 0.0202. The molecule has 0 fully saturated rings. The number of carbonyl (C=O) groups is 1. The Bertz CT molecular complexity index is 715. The van der Waals surface area contributed by atoms with Gasteiger partial charge in [-0.1, -0.05) is 0 Å². The molecule has 10 heteroatoms. The van der Waals surface area contributed by atoms with E-state index in [0.717, 1.165) is 0 Å². The molecule has 0 aliphatic carbocycles. The van der Waals surface area contributed by atoms with Gasteiger partial charge in [0.2, 0.25) is 0 Å². The lowest BCUT2D eigenvalue weighted by Crippen LogP contribution is -2.34. The maximum Gasteiger partial charge on any atom is 0.417 e. The molecule has 0 saturated heterocycles. The van der Waals surface area contributed by atoms with Crippen molar-refractivity contribution in [2.45, 2.75) is 25.9 Å². The van der Waals surface area contributed by atoms with Crippen molar-refractivity contribution in [3.05, 3.63) is 42.2 Å². The molecule has 1 unspecified atom stereocenters. The zero-order valence-corrected chi connectivity index (χ0v) is 13.8. The molecule has 26 heavy (non-hydrogen) atoms. The van der Waals surface area contributed by atoms with E-state index >= 15 is 0 Å². The summed E-state index contributed by atoms with van der Waals surface area (Å²) in [5.41, 5.74) is 0.294. The smallest absolute Gasteiger partial charge is 0.417 e. The van der Waals surface area contributed by atoms with Crippen molar-refractivity contribution in [3.63, 3.8) is 0 Å². The second-order valence-electron chi connectivity index (χ2n) is 5.10. The van der Waals surface area contributed by atoms with Crippen LogP contribution < -0.4 is 9.47 Å². The van der Waals surface area contributed by atoms with E-state index in [2.05, 4.69) is 5.10 Å². The number of hydrogen-bond donors (Lipinski definition) is 1. The first-order valence-electron chi connectivity index (χ1n) is 7.59. The Labute approximate surface area is 146 Å². The van der Waals surface area contributed by atoms with Gasteiger partial charge in [0.05, 0.1) is 18.4 Å². The maximum atomic E-state index is 12.2. The van der Waals surface area contributed by atoms with Crippen molar-refractivity contribution >= 4 is 5.97 Å². The molecule has 0 aliphatic heterocycles. The molecule has 0 radical (unpaired) electrons. The van der Waals surface area contributed by atoms with Crippen LogP contribution in [-0.4, -0.2) is 46.4 Å². The van der Waals surface area contributed by atoms with Gasteiger partial charge >= 0.3 is 12.1 Å². The van der Waals surface area contributed by atoms with Crippen LogP contribution in [0, 0.1) is 0 Å². The molecule has 1 aromatic carbocycles.